The highest BCUT2D eigenvalue weighted by Crippen LogP contribution is 2.53. The molecule has 1 heteroatoms. The van der Waals surface area contributed by atoms with Crippen molar-refractivity contribution in [3.8, 4) is 22.3 Å². The zero-order valence-electron chi connectivity index (χ0n) is 27.6. The highest BCUT2D eigenvalue weighted by molar-refractivity contribution is 7.19. The number of benzene rings is 8. The minimum atomic E-state index is 0.259. The highest BCUT2D eigenvalue weighted by atomic mass is 32.1. The van der Waals surface area contributed by atoms with E-state index in [0.29, 0.717) is 5.92 Å². The molecular weight excluding hydrogens is 609 g/mol. The number of thiophene rings is 1. The molecule has 0 aliphatic heterocycles. The lowest BCUT2D eigenvalue weighted by Gasteiger charge is -2.29. The maximum absolute atomic E-state index is 2.47. The number of allylic oxidation sites excluding steroid dienone is 1. The van der Waals surface area contributed by atoms with Gasteiger partial charge in [-0.05, 0) is 101 Å². The summed E-state index contributed by atoms with van der Waals surface area (Å²) in [5.74, 6) is 0.625. The van der Waals surface area contributed by atoms with Gasteiger partial charge in [0.05, 0.1) is 0 Å². The topological polar surface area (TPSA) is 0 Å². The van der Waals surface area contributed by atoms with Gasteiger partial charge in [0.15, 0.2) is 0 Å². The summed E-state index contributed by atoms with van der Waals surface area (Å²) >= 11 is 2.00. The van der Waals surface area contributed by atoms with Crippen LogP contribution in [0.25, 0.3) is 81.5 Å². The average Bonchev–Trinajstić information content (AvgIpc) is 3.54. The average molecular weight is 643 g/mol. The van der Waals surface area contributed by atoms with E-state index in [0.717, 1.165) is 0 Å². The van der Waals surface area contributed by atoms with Crippen LogP contribution in [0.2, 0.25) is 0 Å². The van der Waals surface area contributed by atoms with Gasteiger partial charge in [-0.1, -0.05) is 159 Å². The van der Waals surface area contributed by atoms with Crippen molar-refractivity contribution >= 4 is 70.6 Å². The molecule has 0 N–H and O–H groups in total. The molecule has 1 aromatic heterocycles. The van der Waals surface area contributed by atoms with Crippen LogP contribution in [0.15, 0.2) is 152 Å². The van der Waals surface area contributed by atoms with Gasteiger partial charge < -0.3 is 0 Å². The molecule has 0 spiro atoms. The van der Waals surface area contributed by atoms with E-state index in [9.17, 15) is 0 Å². The van der Waals surface area contributed by atoms with Crippen molar-refractivity contribution in [1.82, 2.24) is 0 Å². The van der Waals surface area contributed by atoms with Crippen LogP contribution in [0.5, 0.6) is 0 Å². The molecule has 1 aliphatic carbocycles. The van der Waals surface area contributed by atoms with Crippen LogP contribution in [-0.2, 0) is 0 Å². The Morgan fingerprint density at radius 3 is 1.59 bits per heavy atom. The second-order valence-corrected chi connectivity index (χ2v) is 14.7. The standard InChI is InChI=1S/C48H34S/c1-29-27-28-41-46-40(45-38-23-12-10-21-36(38)44(31-15-4-3-5-16-31)37-22-11-13-24-39(37)45)25-14-26-42(46)49-48(41)43(29)47-34-19-8-6-17-32(34)30(2)33-18-7-9-20-35(33)47/h3-29,43H,1-2H3. The Morgan fingerprint density at radius 2 is 1.00 bits per heavy atom. The summed E-state index contributed by atoms with van der Waals surface area (Å²) in [5, 5.41) is 12.0. The third-order valence-electron chi connectivity index (χ3n) is 11.0. The lowest BCUT2D eigenvalue weighted by Crippen LogP contribution is -2.13. The largest absolute Gasteiger partial charge is 0.139 e. The van der Waals surface area contributed by atoms with Gasteiger partial charge in [0.25, 0.3) is 0 Å². The molecule has 0 fully saturated rings. The Kier molecular flexibility index (Phi) is 6.41. The fourth-order valence-corrected chi connectivity index (χ4v) is 10.3. The Balaban J connectivity index is 1.30. The van der Waals surface area contributed by atoms with E-state index in [4.69, 9.17) is 0 Å². The van der Waals surface area contributed by atoms with Gasteiger partial charge in [0.2, 0.25) is 0 Å². The first-order chi connectivity index (χ1) is 24.2. The third kappa shape index (κ3) is 4.16. The van der Waals surface area contributed by atoms with Gasteiger partial charge in [-0.2, -0.15) is 0 Å². The van der Waals surface area contributed by atoms with Crippen molar-refractivity contribution in [3.05, 3.63) is 173 Å². The van der Waals surface area contributed by atoms with Gasteiger partial charge >= 0.3 is 0 Å². The van der Waals surface area contributed by atoms with Crippen molar-refractivity contribution in [2.24, 2.45) is 5.92 Å². The van der Waals surface area contributed by atoms with E-state index in [1.54, 1.807) is 0 Å². The molecular formula is C48H34S. The van der Waals surface area contributed by atoms with Crippen molar-refractivity contribution in [1.29, 1.82) is 0 Å². The van der Waals surface area contributed by atoms with Crippen LogP contribution in [0.1, 0.15) is 34.4 Å². The summed E-state index contributed by atoms with van der Waals surface area (Å²) in [7, 11) is 0. The monoisotopic (exact) mass is 642 g/mol. The van der Waals surface area contributed by atoms with Gasteiger partial charge in [-0.25, -0.2) is 0 Å². The molecule has 1 aliphatic rings. The van der Waals surface area contributed by atoms with Crippen molar-refractivity contribution < 1.29 is 0 Å². The molecule has 232 valence electrons. The number of aryl methyl sites for hydroxylation is 1. The van der Waals surface area contributed by atoms with E-state index in [1.165, 1.54) is 97.0 Å². The van der Waals surface area contributed by atoms with Crippen LogP contribution >= 0.6 is 11.3 Å². The molecule has 2 atom stereocenters. The predicted octanol–water partition coefficient (Wildman–Crippen LogP) is 14.0. The minimum absolute atomic E-state index is 0.259. The van der Waals surface area contributed by atoms with E-state index in [2.05, 4.69) is 172 Å². The lowest BCUT2D eigenvalue weighted by molar-refractivity contribution is 0.636. The number of rotatable bonds is 3. The summed E-state index contributed by atoms with van der Waals surface area (Å²) in [6.07, 6.45) is 4.90. The molecule has 10 rings (SSSR count). The molecule has 0 saturated heterocycles. The van der Waals surface area contributed by atoms with E-state index < -0.39 is 0 Å². The lowest BCUT2D eigenvalue weighted by atomic mass is 9.75. The second kappa shape index (κ2) is 11.0. The van der Waals surface area contributed by atoms with Gasteiger partial charge in [-0.3, -0.25) is 0 Å². The molecule has 0 bridgehead atoms. The molecule has 49 heavy (non-hydrogen) atoms. The molecule has 0 nitrogen and oxygen atoms in total. The first-order valence-electron chi connectivity index (χ1n) is 17.3. The van der Waals surface area contributed by atoms with E-state index in [1.807, 2.05) is 11.3 Å². The Morgan fingerprint density at radius 1 is 0.490 bits per heavy atom. The molecule has 0 amide bonds. The number of hydrogen-bond donors (Lipinski definition) is 0. The Labute approximate surface area is 290 Å². The van der Waals surface area contributed by atoms with Crippen LogP contribution in [0, 0.1) is 12.8 Å². The fraction of sp³-hybridized carbons (Fsp3) is 0.0833. The second-order valence-electron chi connectivity index (χ2n) is 13.6. The van der Waals surface area contributed by atoms with Crippen LogP contribution in [-0.4, -0.2) is 0 Å². The van der Waals surface area contributed by atoms with Gasteiger partial charge in [0.1, 0.15) is 0 Å². The van der Waals surface area contributed by atoms with Gasteiger partial charge in [-0.15, -0.1) is 11.3 Å². The molecule has 1 heterocycles. The maximum Gasteiger partial charge on any atom is 0.0358 e. The van der Waals surface area contributed by atoms with Crippen LogP contribution in [0.4, 0.5) is 0 Å². The smallest absolute Gasteiger partial charge is 0.0358 e. The fourth-order valence-electron chi connectivity index (χ4n) is 8.84. The molecule has 0 radical (unpaired) electrons. The van der Waals surface area contributed by atoms with E-state index >= 15 is 0 Å². The number of hydrogen-bond acceptors (Lipinski definition) is 1. The zero-order valence-corrected chi connectivity index (χ0v) is 28.4. The zero-order chi connectivity index (χ0) is 32.6. The van der Waals surface area contributed by atoms with Crippen LogP contribution in [0.3, 0.4) is 0 Å². The molecule has 0 saturated carbocycles. The molecule has 9 aromatic rings. The summed E-state index contributed by atoms with van der Waals surface area (Å²) < 4.78 is 1.35. The molecule has 8 aromatic carbocycles. The van der Waals surface area contributed by atoms with Crippen molar-refractivity contribution in [3.63, 3.8) is 0 Å². The summed E-state index contributed by atoms with van der Waals surface area (Å²) in [4.78, 5) is 1.48. The minimum Gasteiger partial charge on any atom is -0.139 e. The molecule has 2 unspecified atom stereocenters. The predicted molar refractivity (Wildman–Crippen MR) is 214 cm³/mol. The Bertz CT molecular complexity index is 2680. The third-order valence-corrected chi connectivity index (χ3v) is 12.2. The Hall–Kier alpha value is -5.50. The number of fused-ring (bicyclic) bond motifs is 7. The normalized spacial score (nSPS) is 15.9. The van der Waals surface area contributed by atoms with Gasteiger partial charge in [0, 0.05) is 20.9 Å². The quantitative estimate of drug-likeness (QED) is 0.168. The maximum atomic E-state index is 2.47. The van der Waals surface area contributed by atoms with E-state index in [-0.39, 0.29) is 5.92 Å². The highest BCUT2D eigenvalue weighted by Gasteiger charge is 2.32. The first-order valence-corrected chi connectivity index (χ1v) is 18.1. The first kappa shape index (κ1) is 28.5. The summed E-state index contributed by atoms with van der Waals surface area (Å²) in [5.41, 5.74) is 9.42. The SMILES string of the molecule is Cc1c2ccccc2c(C2c3sc4cccc(-c5c6ccccc6c(-c6ccccc6)c6ccccc56)c4c3C=CC2C)c2ccccc12. The van der Waals surface area contributed by atoms with Crippen molar-refractivity contribution in [2.45, 2.75) is 19.8 Å². The van der Waals surface area contributed by atoms with Crippen molar-refractivity contribution in [2.75, 3.05) is 0 Å². The van der Waals surface area contributed by atoms with Crippen LogP contribution < -0.4 is 0 Å². The summed E-state index contributed by atoms with van der Waals surface area (Å²) in [6.45, 7) is 4.69. The summed E-state index contributed by atoms with van der Waals surface area (Å²) in [6, 6.07) is 54.0.